The van der Waals surface area contributed by atoms with Gasteiger partial charge in [-0.25, -0.2) is 14.6 Å². The first kappa shape index (κ1) is 16.9. The summed E-state index contributed by atoms with van der Waals surface area (Å²) < 4.78 is 1.74. The largest absolute Gasteiger partial charge is 0.363 e. The molecule has 8 nitrogen and oxygen atoms in total. The number of primary amides is 1. The Morgan fingerprint density at radius 2 is 2.00 bits per heavy atom. The second-order valence-corrected chi connectivity index (χ2v) is 6.32. The van der Waals surface area contributed by atoms with Crippen LogP contribution < -0.4 is 5.73 Å². The third-order valence-electron chi connectivity index (χ3n) is 4.61. The van der Waals surface area contributed by atoms with Gasteiger partial charge in [0.1, 0.15) is 0 Å². The van der Waals surface area contributed by atoms with Gasteiger partial charge >= 0.3 is 0 Å². The molecule has 0 bridgehead atoms. The first-order chi connectivity index (χ1) is 13.0. The zero-order chi connectivity index (χ0) is 19.0. The Bertz CT molecular complexity index is 1030. The molecule has 4 rings (SSSR count). The summed E-state index contributed by atoms with van der Waals surface area (Å²) in [5.74, 6) is -0.923. The van der Waals surface area contributed by atoms with Gasteiger partial charge in [-0.15, -0.1) is 0 Å². The smallest absolute Gasteiger partial charge is 0.286 e. The number of amides is 2. The van der Waals surface area contributed by atoms with E-state index in [9.17, 15) is 9.59 Å². The molecule has 2 amide bonds. The maximum Gasteiger partial charge on any atom is 0.286 e. The van der Waals surface area contributed by atoms with Crippen molar-refractivity contribution in [3.63, 3.8) is 0 Å². The van der Waals surface area contributed by atoms with E-state index in [1.807, 2.05) is 37.3 Å². The number of carbonyl (C=O) groups excluding carboxylic acids is 2. The minimum atomic E-state index is -0.711. The summed E-state index contributed by atoms with van der Waals surface area (Å²) >= 11 is 0. The van der Waals surface area contributed by atoms with Gasteiger partial charge in [0.15, 0.2) is 0 Å². The van der Waals surface area contributed by atoms with Gasteiger partial charge in [0.05, 0.1) is 41.6 Å². The monoisotopic (exact) mass is 361 g/mol. The molecular weight excluding hydrogens is 344 g/mol. The summed E-state index contributed by atoms with van der Waals surface area (Å²) in [4.78, 5) is 34.0. The highest BCUT2D eigenvalue weighted by Gasteiger charge is 2.26. The van der Waals surface area contributed by atoms with Crippen LogP contribution in [0.4, 0.5) is 0 Å². The molecule has 1 aliphatic rings. The van der Waals surface area contributed by atoms with Crippen molar-refractivity contribution in [2.75, 3.05) is 6.54 Å². The maximum atomic E-state index is 13.0. The standard InChI is InChI=1S/C19H17N6O2/c1-12-15(10-22-25(12)14-5-3-2-4-6-14)19(27)24-8-7-13-9-21-18(17(20)26)23-16(13)11-24/h2-6,10H,7-8,11H2,1H3,(H2,20,26). The number of benzene rings is 1. The van der Waals surface area contributed by atoms with Crippen molar-refractivity contribution >= 4 is 11.8 Å². The van der Waals surface area contributed by atoms with Gasteiger partial charge < -0.3 is 10.6 Å². The molecule has 2 N–H and O–H groups in total. The highest BCUT2D eigenvalue weighted by molar-refractivity contribution is 5.95. The number of para-hydroxylation sites is 1. The number of aromatic nitrogens is 4. The van der Waals surface area contributed by atoms with Crippen molar-refractivity contribution in [1.29, 1.82) is 0 Å². The maximum absolute atomic E-state index is 13.0. The molecule has 0 unspecified atom stereocenters. The molecule has 0 atom stereocenters. The van der Waals surface area contributed by atoms with Crippen molar-refractivity contribution in [2.24, 2.45) is 5.73 Å². The van der Waals surface area contributed by atoms with E-state index in [4.69, 9.17) is 5.73 Å². The van der Waals surface area contributed by atoms with Gasteiger partial charge in [-0.05, 0) is 25.5 Å². The molecule has 1 aliphatic heterocycles. The number of rotatable bonds is 3. The van der Waals surface area contributed by atoms with Crippen molar-refractivity contribution in [3.8, 4) is 5.69 Å². The van der Waals surface area contributed by atoms with Gasteiger partial charge in [-0.1, -0.05) is 18.2 Å². The van der Waals surface area contributed by atoms with Crippen LogP contribution in [0.5, 0.6) is 0 Å². The van der Waals surface area contributed by atoms with Gasteiger partial charge in [0.2, 0.25) is 5.82 Å². The summed E-state index contributed by atoms with van der Waals surface area (Å²) in [7, 11) is 0. The number of carbonyl (C=O) groups is 2. The second-order valence-electron chi connectivity index (χ2n) is 6.32. The summed E-state index contributed by atoms with van der Waals surface area (Å²) in [6.45, 7) is 2.67. The molecule has 0 saturated heterocycles. The Balaban J connectivity index is 1.60. The Labute approximate surface area is 155 Å². The molecule has 8 heteroatoms. The van der Waals surface area contributed by atoms with Crippen LogP contribution in [-0.2, 0) is 13.0 Å². The summed E-state index contributed by atoms with van der Waals surface area (Å²) in [5, 5.41) is 4.36. The minimum Gasteiger partial charge on any atom is -0.363 e. The average Bonchev–Trinajstić information content (AvgIpc) is 3.08. The molecule has 3 aromatic rings. The van der Waals surface area contributed by atoms with Crippen molar-refractivity contribution < 1.29 is 9.59 Å². The number of hydrogen-bond acceptors (Lipinski definition) is 5. The molecule has 27 heavy (non-hydrogen) atoms. The fourth-order valence-corrected chi connectivity index (χ4v) is 3.15. The fourth-order valence-electron chi connectivity index (χ4n) is 3.15. The average molecular weight is 361 g/mol. The van der Waals surface area contributed by atoms with E-state index >= 15 is 0 Å². The van der Waals surface area contributed by atoms with E-state index < -0.39 is 5.91 Å². The Morgan fingerprint density at radius 1 is 1.22 bits per heavy atom. The van der Waals surface area contributed by atoms with Crippen LogP contribution in [0.2, 0.25) is 0 Å². The van der Waals surface area contributed by atoms with E-state index in [0.717, 1.165) is 16.9 Å². The molecule has 0 aliphatic carbocycles. The molecule has 0 fully saturated rings. The van der Waals surface area contributed by atoms with E-state index in [2.05, 4.69) is 21.3 Å². The summed E-state index contributed by atoms with van der Waals surface area (Å²) in [5.41, 5.74) is 8.84. The van der Waals surface area contributed by atoms with E-state index in [1.165, 1.54) is 0 Å². The lowest BCUT2D eigenvalue weighted by Gasteiger charge is -2.27. The Hall–Kier alpha value is -3.55. The van der Waals surface area contributed by atoms with Crippen LogP contribution in [0.1, 0.15) is 37.9 Å². The van der Waals surface area contributed by atoms with Crippen LogP contribution >= 0.6 is 0 Å². The number of nitrogens with two attached hydrogens (primary N) is 1. The normalized spacial score (nSPS) is 13.3. The number of hydrogen-bond donors (Lipinski definition) is 1. The highest BCUT2D eigenvalue weighted by atomic mass is 16.2. The van der Waals surface area contributed by atoms with Crippen molar-refractivity contribution in [3.05, 3.63) is 71.1 Å². The molecule has 1 aromatic carbocycles. The Kier molecular flexibility index (Phi) is 4.15. The van der Waals surface area contributed by atoms with Crippen LogP contribution in [0.15, 0.2) is 36.5 Å². The number of nitrogens with zero attached hydrogens (tertiary/aromatic N) is 5. The van der Waals surface area contributed by atoms with Crippen molar-refractivity contribution in [2.45, 2.75) is 19.9 Å². The lowest BCUT2D eigenvalue weighted by atomic mass is 10.1. The lowest BCUT2D eigenvalue weighted by molar-refractivity contribution is 0.0730. The van der Waals surface area contributed by atoms with E-state index in [1.54, 1.807) is 15.8 Å². The Morgan fingerprint density at radius 3 is 2.74 bits per heavy atom. The zero-order valence-electron chi connectivity index (χ0n) is 14.7. The predicted octanol–water partition coefficient (Wildman–Crippen LogP) is 1.07. The fraction of sp³-hybridized carbons (Fsp3) is 0.211. The lowest BCUT2D eigenvalue weighted by Crippen LogP contribution is -2.37. The third kappa shape index (κ3) is 3.05. The van der Waals surface area contributed by atoms with Gasteiger partial charge in [-0.3, -0.25) is 9.59 Å². The van der Waals surface area contributed by atoms with Crippen LogP contribution in [-0.4, -0.2) is 43.0 Å². The van der Waals surface area contributed by atoms with Crippen LogP contribution in [0.3, 0.4) is 0 Å². The quantitative estimate of drug-likeness (QED) is 0.751. The van der Waals surface area contributed by atoms with E-state index in [-0.39, 0.29) is 18.3 Å². The molecule has 1 radical (unpaired) electrons. The first-order valence-corrected chi connectivity index (χ1v) is 8.51. The second kappa shape index (κ2) is 6.64. The minimum absolute atomic E-state index is 0.0869. The molecule has 0 saturated carbocycles. The zero-order valence-corrected chi connectivity index (χ0v) is 14.7. The predicted molar refractivity (Wildman–Crippen MR) is 96.1 cm³/mol. The molecule has 135 valence electrons. The topological polar surface area (TPSA) is 107 Å². The van der Waals surface area contributed by atoms with Crippen molar-refractivity contribution in [1.82, 2.24) is 24.6 Å². The SMILES string of the molecule is Cc1c(C(=O)N2CCc3[c]nc(C(N)=O)nc3C2)cnn1-c1ccccc1. The van der Waals surface area contributed by atoms with E-state index in [0.29, 0.717) is 24.2 Å². The van der Waals surface area contributed by atoms with Crippen LogP contribution in [0, 0.1) is 13.1 Å². The van der Waals surface area contributed by atoms with Crippen LogP contribution in [0.25, 0.3) is 5.69 Å². The van der Waals surface area contributed by atoms with Gasteiger partial charge in [-0.2, -0.15) is 5.10 Å². The number of fused-ring (bicyclic) bond motifs is 1. The summed E-state index contributed by atoms with van der Waals surface area (Å²) in [6, 6.07) is 9.64. The first-order valence-electron chi connectivity index (χ1n) is 8.51. The molecule has 2 aromatic heterocycles. The summed E-state index contributed by atoms with van der Waals surface area (Å²) in [6.07, 6.45) is 4.97. The highest BCUT2D eigenvalue weighted by Crippen LogP contribution is 2.21. The molecule has 3 heterocycles. The van der Waals surface area contributed by atoms with Gasteiger partial charge in [0.25, 0.3) is 11.8 Å². The molecular formula is C19H17N6O2. The van der Waals surface area contributed by atoms with Gasteiger partial charge in [0, 0.05) is 12.1 Å². The molecule has 0 spiro atoms. The third-order valence-corrected chi connectivity index (χ3v) is 4.61.